The first-order valence-corrected chi connectivity index (χ1v) is 6.21. The van der Waals surface area contributed by atoms with Crippen molar-refractivity contribution in [1.82, 2.24) is 0 Å². The quantitative estimate of drug-likeness (QED) is 0.686. The van der Waals surface area contributed by atoms with E-state index in [0.717, 1.165) is 24.3 Å². The Hall–Kier alpha value is -1.10. The van der Waals surface area contributed by atoms with Crippen molar-refractivity contribution in [3.05, 3.63) is 29.8 Å². The van der Waals surface area contributed by atoms with E-state index in [1.54, 1.807) is 14.0 Å². The summed E-state index contributed by atoms with van der Waals surface area (Å²) in [5.74, 6) is 0.792. The molecule has 1 aromatic rings. The smallest absolute Gasteiger partial charge is 0.119 e. The number of ether oxygens (including phenoxy) is 3. The standard InChI is InChI=1S/C14H22O4/c1-12(15)13-4-6-14(7-5-13)18-11-10-17-9-3-8-16-2/h4-7,12,15H,3,8-11H2,1-2H3. The van der Waals surface area contributed by atoms with Crippen LogP contribution in [0.3, 0.4) is 0 Å². The van der Waals surface area contributed by atoms with Gasteiger partial charge in [-0.15, -0.1) is 0 Å². The van der Waals surface area contributed by atoms with Crippen molar-refractivity contribution >= 4 is 0 Å². The zero-order valence-electron chi connectivity index (χ0n) is 11.1. The first kappa shape index (κ1) is 15.0. The Balaban J connectivity index is 2.12. The van der Waals surface area contributed by atoms with Gasteiger partial charge in [0.1, 0.15) is 12.4 Å². The van der Waals surface area contributed by atoms with Gasteiger partial charge in [-0.25, -0.2) is 0 Å². The summed E-state index contributed by atoms with van der Waals surface area (Å²) in [6, 6.07) is 7.43. The molecular weight excluding hydrogens is 232 g/mol. The van der Waals surface area contributed by atoms with Crippen LogP contribution in [0.5, 0.6) is 5.75 Å². The molecule has 18 heavy (non-hydrogen) atoms. The summed E-state index contributed by atoms with van der Waals surface area (Å²) in [7, 11) is 1.68. The molecule has 0 saturated carbocycles. The SMILES string of the molecule is COCCCOCCOc1ccc(C(C)O)cc1. The third kappa shape index (κ3) is 6.00. The van der Waals surface area contributed by atoms with E-state index in [1.807, 2.05) is 24.3 Å². The van der Waals surface area contributed by atoms with Gasteiger partial charge >= 0.3 is 0 Å². The first-order chi connectivity index (χ1) is 8.74. The number of hydrogen-bond donors (Lipinski definition) is 1. The highest BCUT2D eigenvalue weighted by Gasteiger charge is 2.00. The molecule has 4 nitrogen and oxygen atoms in total. The average Bonchev–Trinajstić information content (AvgIpc) is 2.38. The lowest BCUT2D eigenvalue weighted by Gasteiger charge is -2.09. The number of hydrogen-bond acceptors (Lipinski definition) is 4. The van der Waals surface area contributed by atoms with E-state index in [2.05, 4.69) is 0 Å². The normalized spacial score (nSPS) is 12.4. The van der Waals surface area contributed by atoms with E-state index in [0.29, 0.717) is 19.8 Å². The minimum absolute atomic E-state index is 0.442. The zero-order valence-corrected chi connectivity index (χ0v) is 11.1. The maximum Gasteiger partial charge on any atom is 0.119 e. The minimum atomic E-state index is -0.442. The average molecular weight is 254 g/mol. The molecule has 4 heteroatoms. The Kier molecular flexibility index (Phi) is 7.41. The van der Waals surface area contributed by atoms with Crippen LogP contribution in [0.15, 0.2) is 24.3 Å². The highest BCUT2D eigenvalue weighted by atomic mass is 16.5. The van der Waals surface area contributed by atoms with Gasteiger partial charge in [0, 0.05) is 20.3 Å². The number of aliphatic hydroxyl groups is 1. The second kappa shape index (κ2) is 8.91. The molecule has 0 bridgehead atoms. The van der Waals surface area contributed by atoms with Crippen molar-refractivity contribution in [3.8, 4) is 5.75 Å². The zero-order chi connectivity index (χ0) is 13.2. The molecule has 0 spiro atoms. The van der Waals surface area contributed by atoms with Gasteiger partial charge in [-0.3, -0.25) is 0 Å². The summed E-state index contributed by atoms with van der Waals surface area (Å²) in [5.41, 5.74) is 0.887. The van der Waals surface area contributed by atoms with Crippen molar-refractivity contribution in [2.24, 2.45) is 0 Å². The largest absolute Gasteiger partial charge is 0.491 e. The van der Waals surface area contributed by atoms with Gasteiger partial charge in [0.15, 0.2) is 0 Å². The molecule has 1 N–H and O–H groups in total. The van der Waals surface area contributed by atoms with Crippen LogP contribution in [-0.2, 0) is 9.47 Å². The minimum Gasteiger partial charge on any atom is -0.491 e. The van der Waals surface area contributed by atoms with Gasteiger partial charge in [0.05, 0.1) is 12.7 Å². The molecule has 0 heterocycles. The molecule has 1 atom stereocenters. The van der Waals surface area contributed by atoms with Crippen LogP contribution < -0.4 is 4.74 Å². The summed E-state index contributed by atoms with van der Waals surface area (Å²) >= 11 is 0. The predicted molar refractivity (Wildman–Crippen MR) is 69.9 cm³/mol. The lowest BCUT2D eigenvalue weighted by atomic mass is 10.1. The number of methoxy groups -OCH3 is 1. The van der Waals surface area contributed by atoms with E-state index in [4.69, 9.17) is 14.2 Å². The summed E-state index contributed by atoms with van der Waals surface area (Å²) in [6.07, 6.45) is 0.461. The maximum absolute atomic E-state index is 9.36. The van der Waals surface area contributed by atoms with E-state index >= 15 is 0 Å². The van der Waals surface area contributed by atoms with E-state index < -0.39 is 6.10 Å². The Labute approximate surface area is 108 Å². The fourth-order valence-electron chi connectivity index (χ4n) is 1.47. The van der Waals surface area contributed by atoms with Crippen LogP contribution in [0.25, 0.3) is 0 Å². The van der Waals surface area contributed by atoms with Crippen LogP contribution in [0.1, 0.15) is 25.0 Å². The lowest BCUT2D eigenvalue weighted by Crippen LogP contribution is -2.08. The Morgan fingerprint density at radius 2 is 1.78 bits per heavy atom. The highest BCUT2D eigenvalue weighted by molar-refractivity contribution is 5.28. The second-order valence-electron chi connectivity index (χ2n) is 4.05. The fourth-order valence-corrected chi connectivity index (χ4v) is 1.47. The highest BCUT2D eigenvalue weighted by Crippen LogP contribution is 2.16. The third-order valence-electron chi connectivity index (χ3n) is 2.50. The molecule has 0 aliphatic rings. The first-order valence-electron chi connectivity index (χ1n) is 6.21. The van der Waals surface area contributed by atoms with Crippen LogP contribution >= 0.6 is 0 Å². The Bertz CT molecular complexity index is 308. The molecule has 102 valence electrons. The van der Waals surface area contributed by atoms with Crippen molar-refractivity contribution < 1.29 is 19.3 Å². The topological polar surface area (TPSA) is 47.9 Å². The van der Waals surface area contributed by atoms with Gasteiger partial charge in [0.25, 0.3) is 0 Å². The summed E-state index contributed by atoms with van der Waals surface area (Å²) in [5, 5.41) is 9.36. The van der Waals surface area contributed by atoms with Crippen LogP contribution in [0.2, 0.25) is 0 Å². The van der Waals surface area contributed by atoms with Gasteiger partial charge in [-0.1, -0.05) is 12.1 Å². The molecule has 0 fully saturated rings. The predicted octanol–water partition coefficient (Wildman–Crippen LogP) is 2.17. The fraction of sp³-hybridized carbons (Fsp3) is 0.571. The Morgan fingerprint density at radius 3 is 2.39 bits per heavy atom. The molecule has 0 saturated heterocycles. The Morgan fingerprint density at radius 1 is 1.06 bits per heavy atom. The molecule has 0 aliphatic heterocycles. The van der Waals surface area contributed by atoms with Crippen molar-refractivity contribution in [2.45, 2.75) is 19.4 Å². The van der Waals surface area contributed by atoms with E-state index in [-0.39, 0.29) is 0 Å². The molecule has 0 amide bonds. The summed E-state index contributed by atoms with van der Waals surface area (Å²) in [4.78, 5) is 0. The van der Waals surface area contributed by atoms with E-state index in [1.165, 1.54) is 0 Å². The van der Waals surface area contributed by atoms with Crippen molar-refractivity contribution in [2.75, 3.05) is 33.5 Å². The second-order valence-corrected chi connectivity index (χ2v) is 4.05. The molecule has 0 aromatic heterocycles. The molecule has 0 aliphatic carbocycles. The molecule has 1 rings (SSSR count). The maximum atomic E-state index is 9.36. The number of aliphatic hydroxyl groups excluding tert-OH is 1. The lowest BCUT2D eigenvalue weighted by molar-refractivity contribution is 0.0806. The van der Waals surface area contributed by atoms with Crippen molar-refractivity contribution in [1.29, 1.82) is 0 Å². The van der Waals surface area contributed by atoms with Gasteiger partial charge in [-0.2, -0.15) is 0 Å². The van der Waals surface area contributed by atoms with Gasteiger partial charge in [-0.05, 0) is 31.0 Å². The summed E-state index contributed by atoms with van der Waals surface area (Å²) < 4.78 is 15.8. The van der Waals surface area contributed by atoms with Crippen LogP contribution in [0.4, 0.5) is 0 Å². The van der Waals surface area contributed by atoms with Crippen LogP contribution in [0, 0.1) is 0 Å². The molecule has 1 aromatic carbocycles. The van der Waals surface area contributed by atoms with Gasteiger partial charge in [0.2, 0.25) is 0 Å². The van der Waals surface area contributed by atoms with E-state index in [9.17, 15) is 5.11 Å². The van der Waals surface area contributed by atoms with Crippen LogP contribution in [-0.4, -0.2) is 38.6 Å². The van der Waals surface area contributed by atoms with Crippen molar-refractivity contribution in [3.63, 3.8) is 0 Å². The summed E-state index contributed by atoms with van der Waals surface area (Å²) in [6.45, 7) is 4.26. The molecule has 0 radical (unpaired) electrons. The monoisotopic (exact) mass is 254 g/mol. The number of benzene rings is 1. The van der Waals surface area contributed by atoms with Gasteiger partial charge < -0.3 is 19.3 Å². The third-order valence-corrected chi connectivity index (χ3v) is 2.50. The number of rotatable bonds is 9. The molecular formula is C14H22O4. The molecule has 1 unspecified atom stereocenters.